The van der Waals surface area contributed by atoms with Crippen molar-refractivity contribution in [1.29, 1.82) is 0 Å². The predicted molar refractivity (Wildman–Crippen MR) is 115 cm³/mol. The van der Waals surface area contributed by atoms with Crippen LogP contribution in [-0.4, -0.2) is 25.2 Å². The Balaban J connectivity index is 1.37. The Bertz CT molecular complexity index is 613. The van der Waals surface area contributed by atoms with Crippen LogP contribution >= 0.6 is 8.58 Å². The van der Waals surface area contributed by atoms with Crippen LogP contribution in [0.4, 0.5) is 0 Å². The van der Waals surface area contributed by atoms with E-state index in [1.165, 1.54) is 43.8 Å². The standard InChI is InChI=1S/C24H37O2P/c1-15(2)24(25-19-10-8-17(9-11-19)16(3)14-27-4)26-23-13-18-12-22(23)21-7-5-6-20(18)21/h8-11,15-16,18,20-24,27H,5-7,12-14H2,1-4H3. The van der Waals surface area contributed by atoms with Gasteiger partial charge in [0, 0.05) is 5.92 Å². The smallest absolute Gasteiger partial charge is 0.202 e. The van der Waals surface area contributed by atoms with E-state index in [9.17, 15) is 0 Å². The molecule has 150 valence electrons. The molecule has 0 N–H and O–H groups in total. The number of hydrogen-bond acceptors (Lipinski definition) is 2. The van der Waals surface area contributed by atoms with E-state index in [1.807, 2.05) is 0 Å². The van der Waals surface area contributed by atoms with E-state index < -0.39 is 0 Å². The molecule has 0 radical (unpaired) electrons. The van der Waals surface area contributed by atoms with Crippen molar-refractivity contribution in [2.45, 2.75) is 71.2 Å². The van der Waals surface area contributed by atoms with Gasteiger partial charge in [-0.25, -0.2) is 0 Å². The molecule has 4 rings (SSSR count). The predicted octanol–water partition coefficient (Wildman–Crippen LogP) is 6.30. The van der Waals surface area contributed by atoms with Crippen molar-refractivity contribution in [3.05, 3.63) is 29.8 Å². The fourth-order valence-electron chi connectivity index (χ4n) is 6.09. The molecular weight excluding hydrogens is 351 g/mol. The summed E-state index contributed by atoms with van der Waals surface area (Å²) in [6, 6.07) is 8.74. The van der Waals surface area contributed by atoms with Crippen molar-refractivity contribution in [2.75, 3.05) is 12.8 Å². The number of hydrogen-bond donors (Lipinski definition) is 0. The molecule has 3 heteroatoms. The highest BCUT2D eigenvalue weighted by atomic mass is 31.1. The molecule has 3 fully saturated rings. The van der Waals surface area contributed by atoms with Gasteiger partial charge in [-0.3, -0.25) is 0 Å². The van der Waals surface area contributed by atoms with Gasteiger partial charge in [-0.2, -0.15) is 0 Å². The van der Waals surface area contributed by atoms with Gasteiger partial charge in [0.1, 0.15) is 5.75 Å². The molecule has 1 aromatic rings. The molecule has 0 saturated heterocycles. The van der Waals surface area contributed by atoms with Crippen LogP contribution in [0.1, 0.15) is 64.4 Å². The monoisotopic (exact) mass is 388 g/mol. The molecule has 27 heavy (non-hydrogen) atoms. The summed E-state index contributed by atoms with van der Waals surface area (Å²) in [5, 5.41) is 0. The third kappa shape index (κ3) is 4.08. The van der Waals surface area contributed by atoms with Gasteiger partial charge < -0.3 is 9.47 Å². The van der Waals surface area contributed by atoms with E-state index in [1.54, 1.807) is 0 Å². The molecule has 0 spiro atoms. The van der Waals surface area contributed by atoms with Crippen LogP contribution in [0, 0.1) is 29.6 Å². The lowest BCUT2D eigenvalue weighted by atomic mass is 9.80. The molecule has 3 aliphatic carbocycles. The minimum absolute atomic E-state index is 0.130. The molecule has 0 aromatic heterocycles. The van der Waals surface area contributed by atoms with Crippen LogP contribution in [0.3, 0.4) is 0 Å². The second-order valence-corrected chi connectivity index (χ2v) is 10.7. The van der Waals surface area contributed by atoms with E-state index in [0.29, 0.717) is 17.9 Å². The largest absolute Gasteiger partial charge is 0.465 e. The van der Waals surface area contributed by atoms with E-state index >= 15 is 0 Å². The van der Waals surface area contributed by atoms with Crippen LogP contribution in [0.2, 0.25) is 0 Å². The van der Waals surface area contributed by atoms with Gasteiger partial charge in [0.2, 0.25) is 6.29 Å². The fraction of sp³-hybridized carbons (Fsp3) is 0.750. The number of fused-ring (bicyclic) bond motifs is 5. The molecule has 0 aliphatic heterocycles. The average Bonchev–Trinajstić information content (AvgIpc) is 3.35. The second kappa shape index (κ2) is 8.42. The molecule has 0 heterocycles. The van der Waals surface area contributed by atoms with Gasteiger partial charge in [-0.1, -0.05) is 39.3 Å². The molecule has 1 aromatic carbocycles. The Kier molecular flexibility index (Phi) is 6.15. The minimum Gasteiger partial charge on any atom is -0.465 e. The molecule has 0 amide bonds. The Hall–Kier alpha value is -0.590. The highest BCUT2D eigenvalue weighted by Crippen LogP contribution is 2.59. The lowest BCUT2D eigenvalue weighted by molar-refractivity contribution is -0.162. The summed E-state index contributed by atoms with van der Waals surface area (Å²) in [5.74, 6) is 5.64. The summed E-state index contributed by atoms with van der Waals surface area (Å²) < 4.78 is 12.9. The maximum absolute atomic E-state index is 6.61. The fourth-order valence-corrected chi connectivity index (χ4v) is 6.94. The molecular formula is C24H37O2P. The SMILES string of the molecule is CPCC(C)c1ccc(OC(OC2CC3CC2C2CCCC32)C(C)C)cc1. The summed E-state index contributed by atoms with van der Waals surface area (Å²) in [6.07, 6.45) is 8.61. The quantitative estimate of drug-likeness (QED) is 0.384. The van der Waals surface area contributed by atoms with Crippen molar-refractivity contribution in [3.8, 4) is 5.75 Å². The van der Waals surface area contributed by atoms with Crippen LogP contribution in [0.25, 0.3) is 0 Å². The van der Waals surface area contributed by atoms with Crippen molar-refractivity contribution in [2.24, 2.45) is 29.6 Å². The molecule has 3 aliphatic rings. The molecule has 8 atom stereocenters. The zero-order valence-corrected chi connectivity index (χ0v) is 18.5. The van der Waals surface area contributed by atoms with Crippen LogP contribution in [0.15, 0.2) is 24.3 Å². The normalized spacial score (nSPS) is 34.5. The zero-order valence-electron chi connectivity index (χ0n) is 17.5. The first kappa shape index (κ1) is 19.7. The molecule has 3 saturated carbocycles. The van der Waals surface area contributed by atoms with Crippen molar-refractivity contribution >= 4 is 8.58 Å². The number of benzene rings is 1. The van der Waals surface area contributed by atoms with E-state index in [0.717, 1.165) is 38.0 Å². The first-order valence-electron chi connectivity index (χ1n) is 11.1. The minimum atomic E-state index is -0.130. The Morgan fingerprint density at radius 3 is 2.44 bits per heavy atom. The molecule has 2 nitrogen and oxygen atoms in total. The topological polar surface area (TPSA) is 18.5 Å². The second-order valence-electron chi connectivity index (χ2n) is 9.59. The van der Waals surface area contributed by atoms with E-state index in [4.69, 9.17) is 9.47 Å². The van der Waals surface area contributed by atoms with Crippen molar-refractivity contribution in [1.82, 2.24) is 0 Å². The van der Waals surface area contributed by atoms with Gasteiger partial charge in [0.05, 0.1) is 6.10 Å². The lowest BCUT2D eigenvalue weighted by Crippen LogP contribution is -2.37. The number of rotatable bonds is 8. The lowest BCUT2D eigenvalue weighted by Gasteiger charge is -2.35. The van der Waals surface area contributed by atoms with Crippen molar-refractivity contribution in [3.63, 3.8) is 0 Å². The van der Waals surface area contributed by atoms with Gasteiger partial charge in [-0.05, 0) is 85.8 Å². The Morgan fingerprint density at radius 2 is 1.74 bits per heavy atom. The highest BCUT2D eigenvalue weighted by molar-refractivity contribution is 7.37. The van der Waals surface area contributed by atoms with Crippen LogP contribution in [0.5, 0.6) is 5.75 Å². The van der Waals surface area contributed by atoms with Gasteiger partial charge >= 0.3 is 0 Å². The maximum atomic E-state index is 6.61. The maximum Gasteiger partial charge on any atom is 0.202 e. The van der Waals surface area contributed by atoms with Gasteiger partial charge in [0.25, 0.3) is 0 Å². The Morgan fingerprint density at radius 1 is 1.00 bits per heavy atom. The van der Waals surface area contributed by atoms with Crippen LogP contribution < -0.4 is 4.74 Å². The van der Waals surface area contributed by atoms with E-state index in [-0.39, 0.29) is 6.29 Å². The summed E-state index contributed by atoms with van der Waals surface area (Å²) >= 11 is 0. The zero-order chi connectivity index (χ0) is 19.0. The first-order chi connectivity index (χ1) is 13.1. The highest BCUT2D eigenvalue weighted by Gasteiger charge is 2.54. The molecule has 2 bridgehead atoms. The van der Waals surface area contributed by atoms with Crippen molar-refractivity contribution < 1.29 is 9.47 Å². The van der Waals surface area contributed by atoms with Gasteiger partial charge in [0.15, 0.2) is 0 Å². The number of ether oxygens (including phenoxy) is 2. The Labute approximate surface area is 167 Å². The summed E-state index contributed by atoms with van der Waals surface area (Å²) in [4.78, 5) is 0. The third-order valence-corrected chi connectivity index (χ3v) is 8.45. The summed E-state index contributed by atoms with van der Waals surface area (Å²) in [7, 11) is 1.01. The molecule has 8 unspecified atom stereocenters. The summed E-state index contributed by atoms with van der Waals surface area (Å²) in [6.45, 7) is 9.03. The first-order valence-corrected chi connectivity index (χ1v) is 12.8. The summed E-state index contributed by atoms with van der Waals surface area (Å²) in [5.41, 5.74) is 1.42. The average molecular weight is 389 g/mol. The third-order valence-electron chi connectivity index (χ3n) is 7.43. The van der Waals surface area contributed by atoms with Crippen LogP contribution in [-0.2, 0) is 4.74 Å². The van der Waals surface area contributed by atoms with Gasteiger partial charge in [-0.15, -0.1) is 8.58 Å². The van der Waals surface area contributed by atoms with E-state index in [2.05, 4.69) is 51.7 Å².